The average molecular weight is 607 g/mol. The van der Waals surface area contributed by atoms with Gasteiger partial charge in [-0.3, -0.25) is 14.7 Å². The lowest BCUT2D eigenvalue weighted by Gasteiger charge is -2.46. The van der Waals surface area contributed by atoms with E-state index in [2.05, 4.69) is 19.9 Å². The maximum Gasteiger partial charge on any atom is 0.418 e. The number of piperidine rings is 1. The van der Waals surface area contributed by atoms with Gasteiger partial charge in [0.15, 0.2) is 5.82 Å². The Morgan fingerprint density at radius 3 is 2.55 bits per heavy atom. The molecule has 4 aliphatic heterocycles. The molecule has 2 atom stereocenters. The van der Waals surface area contributed by atoms with E-state index in [0.29, 0.717) is 50.7 Å². The van der Waals surface area contributed by atoms with Crippen molar-refractivity contribution < 1.29 is 31.8 Å². The van der Waals surface area contributed by atoms with Gasteiger partial charge in [0.25, 0.3) is 0 Å². The number of anilines is 1. The van der Waals surface area contributed by atoms with Crippen LogP contribution in [0.2, 0.25) is 5.02 Å². The number of carbonyl (C=O) groups is 1. The first-order chi connectivity index (χ1) is 20.1. The number of carbonyl (C=O) groups excluding carboxylic acids is 1. The van der Waals surface area contributed by atoms with Gasteiger partial charge >= 0.3 is 12.2 Å². The zero-order valence-corrected chi connectivity index (χ0v) is 23.3. The van der Waals surface area contributed by atoms with Crippen LogP contribution in [0.1, 0.15) is 12.0 Å². The van der Waals surface area contributed by atoms with E-state index in [1.807, 2.05) is 11.0 Å². The first-order valence-electron chi connectivity index (χ1n) is 13.5. The first kappa shape index (κ1) is 28.6. The number of morpholine rings is 1. The van der Waals surface area contributed by atoms with Crippen LogP contribution < -0.4 is 9.64 Å². The van der Waals surface area contributed by atoms with Gasteiger partial charge in [0.1, 0.15) is 17.0 Å². The van der Waals surface area contributed by atoms with E-state index in [4.69, 9.17) is 21.1 Å². The van der Waals surface area contributed by atoms with Crippen molar-refractivity contribution in [1.82, 2.24) is 24.8 Å². The maximum absolute atomic E-state index is 15.9. The fourth-order valence-electron chi connectivity index (χ4n) is 5.69. The van der Waals surface area contributed by atoms with Gasteiger partial charge in [-0.15, -0.1) is 0 Å². The molecule has 3 aromatic rings. The van der Waals surface area contributed by atoms with E-state index in [9.17, 15) is 18.0 Å². The van der Waals surface area contributed by atoms with Gasteiger partial charge in [-0.25, -0.2) is 4.39 Å². The highest BCUT2D eigenvalue weighted by molar-refractivity contribution is 6.31. The molecule has 1 amide bonds. The number of fused-ring (bicyclic) bond motifs is 3. The van der Waals surface area contributed by atoms with E-state index >= 15 is 4.39 Å². The molecule has 14 heteroatoms. The van der Waals surface area contributed by atoms with Gasteiger partial charge in [0.05, 0.1) is 35.3 Å². The van der Waals surface area contributed by atoms with Crippen molar-refractivity contribution in [3.05, 3.63) is 53.0 Å². The van der Waals surface area contributed by atoms with Crippen LogP contribution in [0, 0.1) is 5.82 Å². The molecule has 222 valence electrons. The largest absolute Gasteiger partial charge is 0.467 e. The monoisotopic (exact) mass is 606 g/mol. The Bertz CT molecular complexity index is 1530. The number of amides is 1. The second kappa shape index (κ2) is 11.3. The van der Waals surface area contributed by atoms with E-state index in [1.165, 1.54) is 19.4 Å². The molecule has 2 bridgehead atoms. The van der Waals surface area contributed by atoms with E-state index in [0.717, 1.165) is 31.6 Å². The number of ether oxygens (including phenoxy) is 2. The molecule has 4 fully saturated rings. The Morgan fingerprint density at radius 1 is 1.17 bits per heavy atom. The van der Waals surface area contributed by atoms with Crippen molar-refractivity contribution >= 4 is 34.2 Å². The number of halogens is 5. The fourth-order valence-corrected chi connectivity index (χ4v) is 5.97. The Kier molecular flexibility index (Phi) is 7.66. The van der Waals surface area contributed by atoms with Crippen LogP contribution in [0.4, 0.5) is 23.4 Å². The molecule has 9 nitrogen and oxygen atoms in total. The van der Waals surface area contributed by atoms with Crippen molar-refractivity contribution in [1.29, 1.82) is 0 Å². The SMILES string of the molecule is COc1nc(N2CCN(C(=O)/C=C/CN3CC4CC(C3)O4)CC2)c2cnc(-c3cccc(Cl)c3C(F)(F)F)c(F)c2n1. The molecular formula is C28H27ClF4N6O3. The third-order valence-corrected chi connectivity index (χ3v) is 8.04. The topological polar surface area (TPSA) is 83.9 Å². The van der Waals surface area contributed by atoms with Gasteiger partial charge in [0.2, 0.25) is 5.91 Å². The molecule has 0 spiro atoms. The summed E-state index contributed by atoms with van der Waals surface area (Å²) < 4.78 is 68.1. The Labute approximate surface area is 243 Å². The van der Waals surface area contributed by atoms with Crippen molar-refractivity contribution in [3.63, 3.8) is 0 Å². The summed E-state index contributed by atoms with van der Waals surface area (Å²) in [4.78, 5) is 31.2. The minimum absolute atomic E-state index is 0.0995. The molecule has 2 unspecified atom stereocenters. The van der Waals surface area contributed by atoms with Crippen molar-refractivity contribution in [2.24, 2.45) is 0 Å². The lowest BCUT2D eigenvalue weighted by molar-refractivity contribution is -0.178. The van der Waals surface area contributed by atoms with Crippen LogP contribution in [0.3, 0.4) is 0 Å². The molecule has 6 heterocycles. The number of hydrogen-bond acceptors (Lipinski definition) is 8. The summed E-state index contributed by atoms with van der Waals surface area (Å²) in [6.07, 6.45) is 1.61. The van der Waals surface area contributed by atoms with Gasteiger partial charge < -0.3 is 19.3 Å². The summed E-state index contributed by atoms with van der Waals surface area (Å²) in [5.41, 5.74) is -2.47. The summed E-state index contributed by atoms with van der Waals surface area (Å²) in [7, 11) is 1.31. The number of pyridine rings is 1. The lowest BCUT2D eigenvalue weighted by Crippen LogP contribution is -2.57. The van der Waals surface area contributed by atoms with E-state index in [1.54, 1.807) is 11.0 Å². The molecule has 4 saturated heterocycles. The Hall–Kier alpha value is -3.55. The molecule has 0 saturated carbocycles. The number of nitrogens with zero attached hydrogens (tertiary/aromatic N) is 6. The number of methoxy groups -OCH3 is 1. The number of alkyl halides is 3. The number of hydrogen-bond donors (Lipinski definition) is 0. The Balaban J connectivity index is 1.21. The Morgan fingerprint density at radius 2 is 1.88 bits per heavy atom. The summed E-state index contributed by atoms with van der Waals surface area (Å²) in [5.74, 6) is -0.846. The van der Waals surface area contributed by atoms with Crippen molar-refractivity contribution in [3.8, 4) is 17.3 Å². The summed E-state index contributed by atoms with van der Waals surface area (Å²) in [6, 6.07) is 3.34. The zero-order chi connectivity index (χ0) is 29.6. The number of benzene rings is 1. The second-order valence-corrected chi connectivity index (χ2v) is 10.8. The molecule has 7 rings (SSSR count). The predicted molar refractivity (Wildman–Crippen MR) is 147 cm³/mol. The molecule has 0 aliphatic carbocycles. The second-order valence-electron chi connectivity index (χ2n) is 10.4. The van der Waals surface area contributed by atoms with E-state index < -0.39 is 33.8 Å². The molecule has 0 N–H and O–H groups in total. The summed E-state index contributed by atoms with van der Waals surface area (Å²) in [6.45, 7) is 4.01. The number of piperazine rings is 1. The van der Waals surface area contributed by atoms with Crippen LogP contribution in [-0.2, 0) is 15.7 Å². The zero-order valence-electron chi connectivity index (χ0n) is 22.6. The van der Waals surface area contributed by atoms with Crippen LogP contribution in [0.15, 0.2) is 36.5 Å². The van der Waals surface area contributed by atoms with E-state index in [-0.39, 0.29) is 22.8 Å². The summed E-state index contributed by atoms with van der Waals surface area (Å²) in [5, 5.41) is -0.363. The molecule has 0 radical (unpaired) electrons. The van der Waals surface area contributed by atoms with Gasteiger partial charge in [0, 0.05) is 70.1 Å². The third kappa shape index (κ3) is 5.48. The average Bonchev–Trinajstić information content (AvgIpc) is 2.96. The van der Waals surface area contributed by atoms with Crippen molar-refractivity contribution in [2.45, 2.75) is 24.8 Å². The van der Waals surface area contributed by atoms with Crippen molar-refractivity contribution in [2.75, 3.05) is 57.8 Å². The van der Waals surface area contributed by atoms with Gasteiger partial charge in [-0.1, -0.05) is 29.8 Å². The first-order valence-corrected chi connectivity index (χ1v) is 13.8. The minimum atomic E-state index is -4.83. The van der Waals surface area contributed by atoms with Gasteiger partial charge in [-0.2, -0.15) is 23.1 Å². The molecule has 42 heavy (non-hydrogen) atoms. The van der Waals surface area contributed by atoms with Crippen LogP contribution in [-0.4, -0.2) is 95.8 Å². The smallest absolute Gasteiger partial charge is 0.418 e. The van der Waals surface area contributed by atoms with Crippen LogP contribution in [0.25, 0.3) is 22.2 Å². The highest BCUT2D eigenvalue weighted by atomic mass is 35.5. The third-order valence-electron chi connectivity index (χ3n) is 7.73. The fraction of sp³-hybridized carbons (Fsp3) is 0.429. The maximum atomic E-state index is 15.9. The quantitative estimate of drug-likeness (QED) is 0.305. The predicted octanol–water partition coefficient (Wildman–Crippen LogP) is 4.19. The highest BCUT2D eigenvalue weighted by Crippen LogP contribution is 2.42. The van der Waals surface area contributed by atoms with Crippen LogP contribution >= 0.6 is 11.6 Å². The highest BCUT2D eigenvalue weighted by Gasteiger charge is 2.38. The van der Waals surface area contributed by atoms with Gasteiger partial charge in [-0.05, 0) is 6.07 Å². The molecule has 4 aliphatic rings. The standard InChI is InChI=1S/C28H27ClF4N6O3/c1-41-27-35-25-19(13-34-24(23(25)30)18-4-2-5-20(29)22(18)28(31,32)33)26(36-27)39-10-8-38(9-11-39)21(40)6-3-7-37-14-16-12-17(15-37)42-16/h2-6,13,16-17H,7-12,14-15H2,1H3/b6-3+. The number of rotatable bonds is 6. The minimum Gasteiger partial charge on any atom is -0.467 e. The molecule has 2 aromatic heterocycles. The molecular weight excluding hydrogens is 580 g/mol. The van der Waals surface area contributed by atoms with Crippen LogP contribution in [0.5, 0.6) is 6.01 Å². The molecule has 1 aromatic carbocycles. The lowest BCUT2D eigenvalue weighted by atomic mass is 9.99. The normalized spacial score (nSPS) is 21.2. The number of aromatic nitrogens is 3. The summed E-state index contributed by atoms with van der Waals surface area (Å²) >= 11 is 5.85.